The number of amides is 3. The highest BCUT2D eigenvalue weighted by atomic mass is 16.6. The van der Waals surface area contributed by atoms with Gasteiger partial charge in [-0.25, -0.2) is 4.79 Å². The number of carbonyl (C=O) groups is 3. The third-order valence-corrected chi connectivity index (χ3v) is 6.31. The van der Waals surface area contributed by atoms with Crippen LogP contribution < -0.4 is 16.0 Å². The maximum atomic E-state index is 13.5. The van der Waals surface area contributed by atoms with E-state index in [0.29, 0.717) is 18.7 Å². The van der Waals surface area contributed by atoms with Crippen molar-refractivity contribution in [3.8, 4) is 11.1 Å². The van der Waals surface area contributed by atoms with E-state index < -0.39 is 23.8 Å². The molecule has 3 amide bonds. The normalized spacial score (nSPS) is 22.5. The number of carbonyl (C=O) groups excluding carboxylic acids is 3. The van der Waals surface area contributed by atoms with Gasteiger partial charge in [-0.05, 0) is 69.8 Å². The van der Waals surface area contributed by atoms with Crippen molar-refractivity contribution < 1.29 is 19.1 Å². The Morgan fingerprint density at radius 3 is 2.34 bits per heavy atom. The van der Waals surface area contributed by atoms with Gasteiger partial charge in [-0.2, -0.15) is 0 Å². The van der Waals surface area contributed by atoms with Crippen molar-refractivity contribution >= 4 is 23.6 Å². The minimum Gasteiger partial charge on any atom is -0.444 e. The zero-order valence-corrected chi connectivity index (χ0v) is 20.5. The molecule has 0 aliphatic carbocycles. The average Bonchev–Trinajstić information content (AvgIpc) is 3.23. The summed E-state index contributed by atoms with van der Waals surface area (Å²) in [6.45, 7) is 6.31. The average molecular weight is 479 g/mol. The highest BCUT2D eigenvalue weighted by Gasteiger charge is 2.44. The number of benzene rings is 2. The van der Waals surface area contributed by atoms with Crippen LogP contribution in [-0.4, -0.2) is 59.6 Å². The number of anilines is 1. The topological polar surface area (TPSA) is 99.8 Å². The van der Waals surface area contributed by atoms with Crippen molar-refractivity contribution in [3.63, 3.8) is 0 Å². The molecule has 4 rings (SSSR count). The molecule has 0 radical (unpaired) electrons. The second kappa shape index (κ2) is 10.5. The van der Waals surface area contributed by atoms with Gasteiger partial charge in [0.1, 0.15) is 17.7 Å². The molecule has 2 saturated heterocycles. The third-order valence-electron chi connectivity index (χ3n) is 6.31. The van der Waals surface area contributed by atoms with E-state index in [1.807, 2.05) is 54.6 Å². The van der Waals surface area contributed by atoms with Gasteiger partial charge in [0.2, 0.25) is 11.8 Å². The molecule has 3 atom stereocenters. The molecule has 2 fully saturated rings. The van der Waals surface area contributed by atoms with E-state index in [4.69, 9.17) is 4.74 Å². The predicted octanol–water partition coefficient (Wildman–Crippen LogP) is 3.54. The molecule has 2 aromatic rings. The molecular formula is C27H34N4O4. The Morgan fingerprint density at radius 1 is 0.971 bits per heavy atom. The van der Waals surface area contributed by atoms with Gasteiger partial charge in [-0.15, -0.1) is 0 Å². The molecular weight excluding hydrogens is 444 g/mol. The predicted molar refractivity (Wildman–Crippen MR) is 135 cm³/mol. The molecule has 0 saturated carbocycles. The number of rotatable bonds is 4. The highest BCUT2D eigenvalue weighted by Crippen LogP contribution is 2.29. The maximum Gasteiger partial charge on any atom is 0.408 e. The summed E-state index contributed by atoms with van der Waals surface area (Å²) in [7, 11) is 0. The molecule has 35 heavy (non-hydrogen) atoms. The number of ether oxygens (including phenoxy) is 1. The SMILES string of the molecule is CC(C)(C)OC(=O)N[C@H]1CNCC[C@H]2CC[C@@H](C(=O)Nc3ccc(-c4ccccc4)cc3)N2C1=O. The minimum atomic E-state index is -0.800. The first-order chi connectivity index (χ1) is 16.7. The van der Waals surface area contributed by atoms with Gasteiger partial charge >= 0.3 is 6.09 Å². The van der Waals surface area contributed by atoms with Crippen LogP contribution in [0.15, 0.2) is 54.6 Å². The zero-order valence-electron chi connectivity index (χ0n) is 20.5. The molecule has 0 aromatic heterocycles. The summed E-state index contributed by atoms with van der Waals surface area (Å²) in [6, 6.07) is 16.3. The molecule has 8 heteroatoms. The lowest BCUT2D eigenvalue weighted by Gasteiger charge is -2.35. The lowest BCUT2D eigenvalue weighted by molar-refractivity contribution is -0.141. The molecule has 0 spiro atoms. The molecule has 2 aliphatic heterocycles. The number of alkyl carbamates (subject to hydrolysis) is 1. The van der Waals surface area contributed by atoms with Gasteiger partial charge in [0.05, 0.1) is 0 Å². The Morgan fingerprint density at radius 2 is 1.66 bits per heavy atom. The van der Waals surface area contributed by atoms with Crippen LogP contribution in [0.1, 0.15) is 40.0 Å². The monoisotopic (exact) mass is 478 g/mol. The first kappa shape index (κ1) is 24.7. The van der Waals surface area contributed by atoms with E-state index >= 15 is 0 Å². The first-order valence-corrected chi connectivity index (χ1v) is 12.2. The Hall–Kier alpha value is -3.39. The molecule has 2 aromatic carbocycles. The van der Waals surface area contributed by atoms with E-state index in [0.717, 1.165) is 24.0 Å². The minimum absolute atomic E-state index is 0.0468. The van der Waals surface area contributed by atoms with Crippen LogP contribution in [0.25, 0.3) is 11.1 Å². The van der Waals surface area contributed by atoms with Crippen LogP contribution in [0.3, 0.4) is 0 Å². The lowest BCUT2D eigenvalue weighted by Crippen LogP contribution is -2.59. The van der Waals surface area contributed by atoms with Crippen LogP contribution in [0.4, 0.5) is 10.5 Å². The second-order valence-corrected chi connectivity index (χ2v) is 10.1. The number of hydrogen-bond acceptors (Lipinski definition) is 5. The van der Waals surface area contributed by atoms with Crippen molar-refractivity contribution in [1.29, 1.82) is 0 Å². The molecule has 186 valence electrons. The third kappa shape index (κ3) is 6.19. The molecule has 0 unspecified atom stereocenters. The van der Waals surface area contributed by atoms with Crippen LogP contribution >= 0.6 is 0 Å². The van der Waals surface area contributed by atoms with Crippen LogP contribution in [0.2, 0.25) is 0 Å². The first-order valence-electron chi connectivity index (χ1n) is 12.2. The van der Waals surface area contributed by atoms with Gasteiger partial charge in [-0.1, -0.05) is 42.5 Å². The van der Waals surface area contributed by atoms with Crippen LogP contribution in [0, 0.1) is 0 Å². The zero-order chi connectivity index (χ0) is 25.0. The number of nitrogens with one attached hydrogen (secondary N) is 3. The quantitative estimate of drug-likeness (QED) is 0.624. The maximum absolute atomic E-state index is 13.5. The summed E-state index contributed by atoms with van der Waals surface area (Å²) in [5.41, 5.74) is 2.18. The summed E-state index contributed by atoms with van der Waals surface area (Å²) >= 11 is 0. The van der Waals surface area contributed by atoms with E-state index in [2.05, 4.69) is 16.0 Å². The molecule has 8 nitrogen and oxygen atoms in total. The van der Waals surface area contributed by atoms with E-state index in [-0.39, 0.29) is 24.4 Å². The summed E-state index contributed by atoms with van der Waals surface area (Å²) < 4.78 is 5.34. The van der Waals surface area contributed by atoms with Gasteiger partial charge in [0.25, 0.3) is 0 Å². The fraction of sp³-hybridized carbons (Fsp3) is 0.444. The molecule has 2 aliphatic rings. The fourth-order valence-electron chi connectivity index (χ4n) is 4.70. The van der Waals surface area contributed by atoms with Crippen LogP contribution in [-0.2, 0) is 14.3 Å². The summed E-state index contributed by atoms with van der Waals surface area (Å²) in [5.74, 6) is -0.469. The van der Waals surface area contributed by atoms with E-state index in [1.165, 1.54) is 0 Å². The lowest BCUT2D eigenvalue weighted by atomic mass is 10.1. The van der Waals surface area contributed by atoms with Crippen molar-refractivity contribution in [2.24, 2.45) is 0 Å². The van der Waals surface area contributed by atoms with Crippen molar-refractivity contribution in [2.45, 2.75) is 63.8 Å². The fourth-order valence-corrected chi connectivity index (χ4v) is 4.70. The number of nitrogens with zero attached hydrogens (tertiary/aromatic N) is 1. The van der Waals surface area contributed by atoms with Gasteiger partial charge in [-0.3, -0.25) is 9.59 Å². The van der Waals surface area contributed by atoms with Gasteiger partial charge in [0, 0.05) is 18.3 Å². The largest absolute Gasteiger partial charge is 0.444 e. The van der Waals surface area contributed by atoms with E-state index in [9.17, 15) is 14.4 Å². The second-order valence-electron chi connectivity index (χ2n) is 10.1. The Labute approximate surface area is 206 Å². The molecule has 2 heterocycles. The number of hydrogen-bond donors (Lipinski definition) is 3. The summed E-state index contributed by atoms with van der Waals surface area (Å²) in [6.07, 6.45) is 1.45. The van der Waals surface area contributed by atoms with Crippen molar-refractivity contribution in [3.05, 3.63) is 54.6 Å². The number of fused-ring (bicyclic) bond motifs is 1. The van der Waals surface area contributed by atoms with Crippen LogP contribution in [0.5, 0.6) is 0 Å². The molecule has 0 bridgehead atoms. The smallest absolute Gasteiger partial charge is 0.408 e. The molecule has 3 N–H and O–H groups in total. The van der Waals surface area contributed by atoms with E-state index in [1.54, 1.807) is 25.7 Å². The standard InChI is InChI=1S/C27H34N4O4/c1-27(2,3)35-26(34)30-22-17-28-16-15-21-13-14-23(31(21)25(22)33)24(32)29-20-11-9-19(10-12-20)18-7-5-4-6-8-18/h4-12,21-23,28H,13-17H2,1-3H3,(H,29,32)(H,30,34)/t21-,22+,23+/m1/s1. The van der Waals surface area contributed by atoms with Crippen molar-refractivity contribution in [1.82, 2.24) is 15.5 Å². The highest BCUT2D eigenvalue weighted by molar-refractivity contribution is 5.99. The Kier molecular flexibility index (Phi) is 7.40. The van der Waals surface area contributed by atoms with Gasteiger partial charge in [0.15, 0.2) is 0 Å². The van der Waals surface area contributed by atoms with Gasteiger partial charge < -0.3 is 25.6 Å². The Balaban J connectivity index is 1.45. The van der Waals surface area contributed by atoms with Crippen molar-refractivity contribution in [2.75, 3.05) is 18.4 Å². The Bertz CT molecular complexity index is 1050. The summed E-state index contributed by atoms with van der Waals surface area (Å²) in [4.78, 5) is 40.8. The summed E-state index contributed by atoms with van der Waals surface area (Å²) in [5, 5.41) is 8.90.